The number of aromatic nitrogens is 2. The van der Waals surface area contributed by atoms with E-state index in [4.69, 9.17) is 4.98 Å². The Kier molecular flexibility index (Phi) is 6.82. The maximum absolute atomic E-state index is 4.82. The summed E-state index contributed by atoms with van der Waals surface area (Å²) in [5, 5.41) is 6.94. The summed E-state index contributed by atoms with van der Waals surface area (Å²) in [5.41, 5.74) is 3.30. The lowest BCUT2D eigenvalue weighted by Gasteiger charge is -2.27. The first-order chi connectivity index (χ1) is 13.2. The average molecular weight is 366 g/mol. The first-order valence-corrected chi connectivity index (χ1v) is 9.93. The van der Waals surface area contributed by atoms with Gasteiger partial charge in [-0.05, 0) is 44.0 Å². The molecule has 1 aliphatic heterocycles. The summed E-state index contributed by atoms with van der Waals surface area (Å²) in [6, 6.07) is 0.495. The van der Waals surface area contributed by atoms with Crippen molar-refractivity contribution in [2.24, 2.45) is 0 Å². The van der Waals surface area contributed by atoms with E-state index in [1.807, 2.05) is 12.3 Å². The standard InChI is InChI=1S/C22H31N5/c1-4-9-18(5-2)25-22-23-16-20(17-12-14-27(3)15-13-17)21(26-22)24-19-10-7-6-8-11-19/h4-5,9,12,16,19H,1-2,6-8,10-11,13-15H2,3H3,(H2,23,24,25,26)/b18-9+. The highest BCUT2D eigenvalue weighted by molar-refractivity contribution is 5.75. The van der Waals surface area contributed by atoms with Gasteiger partial charge in [-0.15, -0.1) is 0 Å². The quantitative estimate of drug-likeness (QED) is 0.691. The largest absolute Gasteiger partial charge is 0.367 e. The molecule has 27 heavy (non-hydrogen) atoms. The first kappa shape index (κ1) is 19.4. The molecule has 0 amide bonds. The monoisotopic (exact) mass is 365 g/mol. The predicted molar refractivity (Wildman–Crippen MR) is 115 cm³/mol. The highest BCUT2D eigenvalue weighted by atomic mass is 15.2. The second-order valence-corrected chi connectivity index (χ2v) is 7.36. The van der Waals surface area contributed by atoms with Crippen molar-refractivity contribution in [2.45, 2.75) is 44.6 Å². The lowest BCUT2D eigenvalue weighted by Crippen LogP contribution is -2.26. The molecule has 1 aromatic rings. The fraction of sp³-hybridized carbons (Fsp3) is 0.455. The predicted octanol–water partition coefficient (Wildman–Crippen LogP) is 4.61. The summed E-state index contributed by atoms with van der Waals surface area (Å²) in [4.78, 5) is 11.7. The number of anilines is 2. The molecule has 2 heterocycles. The molecule has 0 saturated heterocycles. The molecular formula is C22H31N5. The van der Waals surface area contributed by atoms with E-state index in [0.29, 0.717) is 12.0 Å². The van der Waals surface area contributed by atoms with Gasteiger partial charge in [0.05, 0.1) is 0 Å². The normalized spacial score (nSPS) is 19.3. The van der Waals surface area contributed by atoms with Crippen LogP contribution < -0.4 is 10.6 Å². The van der Waals surface area contributed by atoms with Crippen molar-refractivity contribution < 1.29 is 0 Å². The molecule has 2 aliphatic rings. The van der Waals surface area contributed by atoms with Gasteiger partial charge >= 0.3 is 0 Å². The zero-order valence-corrected chi connectivity index (χ0v) is 16.4. The Morgan fingerprint density at radius 1 is 1.26 bits per heavy atom. The summed E-state index contributed by atoms with van der Waals surface area (Å²) >= 11 is 0. The van der Waals surface area contributed by atoms with Crippen LogP contribution in [0, 0.1) is 0 Å². The minimum absolute atomic E-state index is 0.495. The fourth-order valence-corrected chi connectivity index (χ4v) is 3.66. The Balaban J connectivity index is 1.88. The molecule has 144 valence electrons. The SMILES string of the molecule is C=C/C=C(\C=C)Nc1ncc(C2=CCN(C)CC2)c(NC2CCCCC2)n1. The summed E-state index contributed by atoms with van der Waals surface area (Å²) in [7, 11) is 2.15. The molecule has 0 aromatic carbocycles. The smallest absolute Gasteiger partial charge is 0.229 e. The van der Waals surface area contributed by atoms with Gasteiger partial charge in [0, 0.05) is 36.6 Å². The fourth-order valence-electron chi connectivity index (χ4n) is 3.66. The van der Waals surface area contributed by atoms with E-state index in [9.17, 15) is 0 Å². The van der Waals surface area contributed by atoms with E-state index < -0.39 is 0 Å². The number of hydrogen-bond acceptors (Lipinski definition) is 5. The van der Waals surface area contributed by atoms with Crippen LogP contribution in [-0.4, -0.2) is 41.0 Å². The van der Waals surface area contributed by atoms with Gasteiger partial charge in [0.2, 0.25) is 5.95 Å². The van der Waals surface area contributed by atoms with E-state index in [2.05, 4.69) is 46.8 Å². The summed E-state index contributed by atoms with van der Waals surface area (Å²) in [5.74, 6) is 1.52. The van der Waals surface area contributed by atoms with Crippen LogP contribution in [0.2, 0.25) is 0 Å². The molecule has 1 aliphatic carbocycles. The van der Waals surface area contributed by atoms with Crippen LogP contribution in [-0.2, 0) is 0 Å². The van der Waals surface area contributed by atoms with Crippen LogP contribution in [0.25, 0.3) is 5.57 Å². The van der Waals surface area contributed by atoms with Crippen LogP contribution in [0.5, 0.6) is 0 Å². The maximum Gasteiger partial charge on any atom is 0.229 e. The Labute approximate surface area is 163 Å². The van der Waals surface area contributed by atoms with Gasteiger partial charge in [-0.25, -0.2) is 4.98 Å². The van der Waals surface area contributed by atoms with Gasteiger partial charge in [0.1, 0.15) is 5.82 Å². The van der Waals surface area contributed by atoms with E-state index in [1.165, 1.54) is 37.7 Å². The van der Waals surface area contributed by atoms with Crippen molar-refractivity contribution in [3.8, 4) is 0 Å². The summed E-state index contributed by atoms with van der Waals surface area (Å²) in [6.45, 7) is 9.60. The van der Waals surface area contributed by atoms with E-state index in [1.54, 1.807) is 12.2 Å². The van der Waals surface area contributed by atoms with E-state index in [0.717, 1.165) is 36.6 Å². The van der Waals surface area contributed by atoms with Crippen LogP contribution in [0.15, 0.2) is 49.4 Å². The van der Waals surface area contributed by atoms with Crippen LogP contribution >= 0.6 is 0 Å². The number of rotatable bonds is 7. The van der Waals surface area contributed by atoms with Gasteiger partial charge in [0.25, 0.3) is 0 Å². The molecule has 5 heteroatoms. The van der Waals surface area contributed by atoms with Crippen LogP contribution in [0.4, 0.5) is 11.8 Å². The Hall–Kier alpha value is -2.40. The number of nitrogens with one attached hydrogen (secondary N) is 2. The maximum atomic E-state index is 4.82. The zero-order valence-electron chi connectivity index (χ0n) is 16.4. The van der Waals surface area contributed by atoms with Gasteiger partial charge in [0.15, 0.2) is 0 Å². The molecule has 5 nitrogen and oxygen atoms in total. The molecule has 0 spiro atoms. The number of likely N-dealkylation sites (N-methyl/N-ethyl adjacent to an activating group) is 1. The molecule has 1 fully saturated rings. The van der Waals surface area contributed by atoms with Crippen molar-refractivity contribution >= 4 is 17.3 Å². The molecular weight excluding hydrogens is 334 g/mol. The lowest BCUT2D eigenvalue weighted by molar-refractivity contribution is 0.370. The first-order valence-electron chi connectivity index (χ1n) is 9.93. The minimum atomic E-state index is 0.495. The van der Waals surface area contributed by atoms with E-state index >= 15 is 0 Å². The Bertz CT molecular complexity index is 728. The average Bonchev–Trinajstić information content (AvgIpc) is 2.69. The van der Waals surface area contributed by atoms with Crippen molar-refractivity contribution in [2.75, 3.05) is 30.8 Å². The molecule has 0 unspecified atom stereocenters. The highest BCUT2D eigenvalue weighted by Gasteiger charge is 2.19. The van der Waals surface area contributed by atoms with Crippen LogP contribution in [0.1, 0.15) is 44.1 Å². The molecule has 0 radical (unpaired) electrons. The molecule has 2 N–H and O–H groups in total. The highest BCUT2D eigenvalue weighted by Crippen LogP contribution is 2.30. The molecule has 0 atom stereocenters. The van der Waals surface area contributed by atoms with Crippen molar-refractivity contribution in [1.82, 2.24) is 14.9 Å². The van der Waals surface area contributed by atoms with Gasteiger partial charge < -0.3 is 15.5 Å². The van der Waals surface area contributed by atoms with Crippen LogP contribution in [0.3, 0.4) is 0 Å². The van der Waals surface area contributed by atoms with Crippen molar-refractivity contribution in [3.05, 3.63) is 54.9 Å². The van der Waals surface area contributed by atoms with Gasteiger partial charge in [-0.3, -0.25) is 0 Å². The Morgan fingerprint density at radius 3 is 2.74 bits per heavy atom. The second-order valence-electron chi connectivity index (χ2n) is 7.36. The molecule has 3 rings (SSSR count). The van der Waals surface area contributed by atoms with E-state index in [-0.39, 0.29) is 0 Å². The van der Waals surface area contributed by atoms with Crippen molar-refractivity contribution in [1.29, 1.82) is 0 Å². The van der Waals surface area contributed by atoms with Gasteiger partial charge in [-0.2, -0.15) is 4.98 Å². The lowest BCUT2D eigenvalue weighted by atomic mass is 9.95. The molecule has 1 saturated carbocycles. The Morgan fingerprint density at radius 2 is 2.07 bits per heavy atom. The third kappa shape index (κ3) is 5.30. The topological polar surface area (TPSA) is 53.1 Å². The summed E-state index contributed by atoms with van der Waals surface area (Å²) in [6.07, 6.45) is 17.0. The third-order valence-electron chi connectivity index (χ3n) is 5.27. The minimum Gasteiger partial charge on any atom is -0.367 e. The number of allylic oxidation sites excluding steroid dienone is 3. The number of nitrogens with zero attached hydrogens (tertiary/aromatic N) is 3. The summed E-state index contributed by atoms with van der Waals surface area (Å²) < 4.78 is 0. The third-order valence-corrected chi connectivity index (χ3v) is 5.27. The van der Waals surface area contributed by atoms with Crippen molar-refractivity contribution in [3.63, 3.8) is 0 Å². The molecule has 1 aromatic heterocycles. The molecule has 0 bridgehead atoms. The van der Waals surface area contributed by atoms with Gasteiger partial charge in [-0.1, -0.05) is 44.6 Å². The zero-order chi connectivity index (χ0) is 19.1. The number of hydrogen-bond donors (Lipinski definition) is 2. The second kappa shape index (κ2) is 9.51.